The van der Waals surface area contributed by atoms with Crippen molar-refractivity contribution in [2.24, 2.45) is 5.41 Å². The predicted molar refractivity (Wildman–Crippen MR) is 60.6 cm³/mol. The quantitative estimate of drug-likeness (QED) is 0.858. The van der Waals surface area contributed by atoms with Crippen LogP contribution < -0.4 is 4.74 Å². The Hall–Kier alpha value is -1.58. The third-order valence-electron chi connectivity index (χ3n) is 3.15. The van der Waals surface area contributed by atoms with E-state index in [0.29, 0.717) is 12.4 Å². The predicted octanol–water partition coefficient (Wildman–Crippen LogP) is 2.77. The van der Waals surface area contributed by atoms with E-state index in [4.69, 9.17) is 9.84 Å². The summed E-state index contributed by atoms with van der Waals surface area (Å²) in [5.74, 6) is -0.452. The van der Waals surface area contributed by atoms with E-state index in [1.165, 1.54) is 12.1 Å². The molecule has 92 valence electrons. The number of ether oxygens (including phenoxy) is 1. The molecule has 3 nitrogen and oxygen atoms in total. The summed E-state index contributed by atoms with van der Waals surface area (Å²) in [6.07, 6.45) is 1.92. The lowest BCUT2D eigenvalue weighted by Gasteiger charge is -2.15. The fraction of sp³-hybridized carbons (Fsp3) is 0.462. The molecule has 0 spiro atoms. The summed E-state index contributed by atoms with van der Waals surface area (Å²) in [5.41, 5.74) is 0.531. The molecule has 1 N–H and O–H groups in total. The summed E-state index contributed by atoms with van der Waals surface area (Å²) in [4.78, 5) is 10.7. The maximum absolute atomic E-state index is 12.9. The number of carbonyl (C=O) groups is 1. The number of hydrogen-bond acceptors (Lipinski definition) is 2. The third-order valence-corrected chi connectivity index (χ3v) is 3.15. The molecule has 0 aromatic heterocycles. The van der Waals surface area contributed by atoms with Crippen molar-refractivity contribution in [1.82, 2.24) is 0 Å². The zero-order chi connectivity index (χ0) is 12.5. The molecule has 4 heteroatoms. The first-order chi connectivity index (χ1) is 8.01. The van der Waals surface area contributed by atoms with E-state index in [2.05, 4.69) is 0 Å². The molecule has 0 amide bonds. The molecule has 0 radical (unpaired) electrons. The molecular formula is C13H15FO3. The lowest BCUT2D eigenvalue weighted by Crippen LogP contribution is -2.17. The van der Waals surface area contributed by atoms with Crippen molar-refractivity contribution >= 4 is 5.97 Å². The van der Waals surface area contributed by atoms with Gasteiger partial charge in [-0.15, -0.1) is 0 Å². The Morgan fingerprint density at radius 3 is 2.76 bits per heavy atom. The van der Waals surface area contributed by atoms with Gasteiger partial charge in [0.2, 0.25) is 0 Å². The Morgan fingerprint density at radius 2 is 2.24 bits per heavy atom. The van der Waals surface area contributed by atoms with Crippen molar-refractivity contribution in [3.63, 3.8) is 0 Å². The molecule has 1 aromatic carbocycles. The highest BCUT2D eigenvalue weighted by Gasteiger charge is 2.45. The highest BCUT2D eigenvalue weighted by Crippen LogP contribution is 2.49. The highest BCUT2D eigenvalue weighted by atomic mass is 19.1. The number of rotatable bonds is 5. The topological polar surface area (TPSA) is 46.5 Å². The lowest BCUT2D eigenvalue weighted by atomic mass is 10.0. The van der Waals surface area contributed by atoms with Crippen LogP contribution in [-0.4, -0.2) is 17.7 Å². The van der Waals surface area contributed by atoms with Crippen LogP contribution in [0.5, 0.6) is 5.75 Å². The van der Waals surface area contributed by atoms with Crippen LogP contribution in [0.1, 0.15) is 24.8 Å². The van der Waals surface area contributed by atoms with E-state index in [1.54, 1.807) is 13.0 Å². The van der Waals surface area contributed by atoms with Gasteiger partial charge >= 0.3 is 5.97 Å². The van der Waals surface area contributed by atoms with Crippen molar-refractivity contribution in [2.75, 3.05) is 6.61 Å². The fourth-order valence-corrected chi connectivity index (χ4v) is 1.88. The molecule has 1 aliphatic carbocycles. The Kier molecular flexibility index (Phi) is 3.05. The SMILES string of the molecule is Cc1cc(F)ccc1OCC1(CC(=O)O)CC1. The zero-order valence-electron chi connectivity index (χ0n) is 9.70. The van der Waals surface area contributed by atoms with Gasteiger partial charge in [0.25, 0.3) is 0 Å². The summed E-state index contributed by atoms with van der Waals surface area (Å²) in [7, 11) is 0. The first kappa shape index (κ1) is 11.9. The summed E-state index contributed by atoms with van der Waals surface area (Å²) in [6.45, 7) is 2.17. The molecule has 17 heavy (non-hydrogen) atoms. The van der Waals surface area contributed by atoms with Crippen molar-refractivity contribution < 1.29 is 19.0 Å². The van der Waals surface area contributed by atoms with Crippen LogP contribution in [0.2, 0.25) is 0 Å². The van der Waals surface area contributed by atoms with E-state index < -0.39 is 5.97 Å². The molecule has 0 heterocycles. The third kappa shape index (κ3) is 2.96. The van der Waals surface area contributed by atoms with E-state index in [0.717, 1.165) is 18.4 Å². The summed E-state index contributed by atoms with van der Waals surface area (Å²) in [6, 6.07) is 4.34. The molecule has 2 rings (SSSR count). The Balaban J connectivity index is 1.96. The molecule has 1 fully saturated rings. The van der Waals surface area contributed by atoms with Crippen molar-refractivity contribution in [3.8, 4) is 5.75 Å². The smallest absolute Gasteiger partial charge is 0.304 e. The van der Waals surface area contributed by atoms with Gasteiger partial charge in [0.15, 0.2) is 0 Å². The molecule has 0 atom stereocenters. The maximum Gasteiger partial charge on any atom is 0.304 e. The van der Waals surface area contributed by atoms with Crippen molar-refractivity contribution in [2.45, 2.75) is 26.2 Å². The minimum atomic E-state index is -0.790. The van der Waals surface area contributed by atoms with Gasteiger partial charge in [-0.2, -0.15) is 0 Å². The number of aryl methyl sites for hydroxylation is 1. The Labute approximate surface area is 99.2 Å². The highest BCUT2D eigenvalue weighted by molar-refractivity contribution is 5.68. The summed E-state index contributed by atoms with van der Waals surface area (Å²) in [5, 5.41) is 8.77. The van der Waals surface area contributed by atoms with E-state index >= 15 is 0 Å². The second-order valence-electron chi connectivity index (χ2n) is 4.77. The number of hydrogen-bond donors (Lipinski definition) is 1. The van der Waals surface area contributed by atoms with Crippen LogP contribution in [0.25, 0.3) is 0 Å². The van der Waals surface area contributed by atoms with Crippen LogP contribution in [0.3, 0.4) is 0 Å². The van der Waals surface area contributed by atoms with Crippen molar-refractivity contribution in [3.05, 3.63) is 29.6 Å². The van der Waals surface area contributed by atoms with E-state index in [-0.39, 0.29) is 17.7 Å². The van der Waals surface area contributed by atoms with Gasteiger partial charge in [0, 0.05) is 5.41 Å². The van der Waals surface area contributed by atoms with Gasteiger partial charge < -0.3 is 9.84 Å². The van der Waals surface area contributed by atoms with Crippen LogP contribution in [0.15, 0.2) is 18.2 Å². The van der Waals surface area contributed by atoms with Gasteiger partial charge in [-0.25, -0.2) is 4.39 Å². The van der Waals surface area contributed by atoms with Gasteiger partial charge in [-0.3, -0.25) is 4.79 Å². The molecule has 1 aliphatic rings. The molecule has 1 aromatic rings. The van der Waals surface area contributed by atoms with E-state index in [9.17, 15) is 9.18 Å². The Morgan fingerprint density at radius 1 is 1.53 bits per heavy atom. The minimum absolute atomic E-state index is 0.146. The molecule has 1 saturated carbocycles. The van der Waals surface area contributed by atoms with Crippen LogP contribution in [0, 0.1) is 18.2 Å². The minimum Gasteiger partial charge on any atom is -0.493 e. The number of benzene rings is 1. The Bertz CT molecular complexity index is 438. The number of halogens is 1. The van der Waals surface area contributed by atoms with Crippen LogP contribution in [0.4, 0.5) is 4.39 Å². The van der Waals surface area contributed by atoms with Gasteiger partial charge in [0.1, 0.15) is 11.6 Å². The first-order valence-corrected chi connectivity index (χ1v) is 5.62. The largest absolute Gasteiger partial charge is 0.493 e. The summed E-state index contributed by atoms with van der Waals surface area (Å²) >= 11 is 0. The average Bonchev–Trinajstić information content (AvgIpc) is 2.96. The van der Waals surface area contributed by atoms with Crippen molar-refractivity contribution in [1.29, 1.82) is 0 Å². The van der Waals surface area contributed by atoms with E-state index in [1.807, 2.05) is 0 Å². The van der Waals surface area contributed by atoms with Gasteiger partial charge in [-0.05, 0) is 43.5 Å². The normalized spacial score (nSPS) is 16.6. The molecule has 0 unspecified atom stereocenters. The molecule has 0 bridgehead atoms. The molecular weight excluding hydrogens is 223 g/mol. The number of carboxylic acids is 1. The molecule has 0 saturated heterocycles. The molecule has 0 aliphatic heterocycles. The maximum atomic E-state index is 12.9. The standard InChI is InChI=1S/C13H15FO3/c1-9-6-10(14)2-3-11(9)17-8-13(4-5-13)7-12(15)16/h2-3,6H,4-5,7-8H2,1H3,(H,15,16). The van der Waals surface area contributed by atoms with Crippen LogP contribution >= 0.6 is 0 Å². The second-order valence-corrected chi connectivity index (χ2v) is 4.77. The van der Waals surface area contributed by atoms with Gasteiger partial charge in [0.05, 0.1) is 13.0 Å². The monoisotopic (exact) mass is 238 g/mol. The second kappa shape index (κ2) is 4.35. The average molecular weight is 238 g/mol. The van der Waals surface area contributed by atoms with Crippen LogP contribution in [-0.2, 0) is 4.79 Å². The number of aliphatic carboxylic acids is 1. The fourth-order valence-electron chi connectivity index (χ4n) is 1.88. The van der Waals surface area contributed by atoms with Gasteiger partial charge in [-0.1, -0.05) is 0 Å². The number of carboxylic acid groups (broad SMARTS) is 1. The lowest BCUT2D eigenvalue weighted by molar-refractivity contribution is -0.138. The first-order valence-electron chi connectivity index (χ1n) is 5.62. The zero-order valence-corrected chi connectivity index (χ0v) is 9.70. The summed E-state index contributed by atoms with van der Waals surface area (Å²) < 4.78 is 18.5.